The maximum absolute atomic E-state index is 10.8. The van der Waals surface area contributed by atoms with Gasteiger partial charge in [0.25, 0.3) is 5.69 Å². The standard InChI is InChI=1S/C16H13N3O3S/c1-22-15-5-3-2-4-13(15)14-10-23-16(17)18(14)11-6-8-12(9-7-11)19(20)21/h2-10,17H,1H3. The van der Waals surface area contributed by atoms with E-state index >= 15 is 0 Å². The van der Waals surface area contributed by atoms with Gasteiger partial charge in [-0.3, -0.25) is 20.1 Å². The molecule has 23 heavy (non-hydrogen) atoms. The number of hydrogen-bond donors (Lipinski definition) is 1. The number of hydrogen-bond acceptors (Lipinski definition) is 5. The third kappa shape index (κ3) is 2.74. The highest BCUT2D eigenvalue weighted by atomic mass is 32.1. The van der Waals surface area contributed by atoms with Gasteiger partial charge in [-0.05, 0) is 24.3 Å². The number of thiazole rings is 1. The van der Waals surface area contributed by atoms with E-state index in [1.54, 1.807) is 23.8 Å². The highest BCUT2D eigenvalue weighted by Gasteiger charge is 2.14. The zero-order valence-corrected chi connectivity index (χ0v) is 13.0. The van der Waals surface area contributed by atoms with Gasteiger partial charge in [-0.15, -0.1) is 11.3 Å². The average Bonchev–Trinajstić information content (AvgIpc) is 2.96. The van der Waals surface area contributed by atoms with E-state index in [2.05, 4.69) is 0 Å². The van der Waals surface area contributed by atoms with Gasteiger partial charge in [0.2, 0.25) is 0 Å². The molecular weight excluding hydrogens is 314 g/mol. The lowest BCUT2D eigenvalue weighted by atomic mass is 10.1. The maximum Gasteiger partial charge on any atom is 0.269 e. The molecule has 6 nitrogen and oxygen atoms in total. The average molecular weight is 327 g/mol. The van der Waals surface area contributed by atoms with Crippen LogP contribution in [-0.2, 0) is 0 Å². The van der Waals surface area contributed by atoms with Crippen molar-refractivity contribution < 1.29 is 9.66 Å². The van der Waals surface area contributed by atoms with Gasteiger partial charge < -0.3 is 4.74 Å². The van der Waals surface area contributed by atoms with Crippen molar-refractivity contribution in [2.24, 2.45) is 0 Å². The van der Waals surface area contributed by atoms with Gasteiger partial charge in [0.15, 0.2) is 4.80 Å². The van der Waals surface area contributed by atoms with Gasteiger partial charge in [-0.1, -0.05) is 12.1 Å². The van der Waals surface area contributed by atoms with Crippen molar-refractivity contribution in [3.63, 3.8) is 0 Å². The molecule has 0 fully saturated rings. The number of nitro groups is 1. The van der Waals surface area contributed by atoms with Crippen LogP contribution in [0.2, 0.25) is 0 Å². The second-order valence-electron chi connectivity index (χ2n) is 4.74. The highest BCUT2D eigenvalue weighted by Crippen LogP contribution is 2.31. The highest BCUT2D eigenvalue weighted by molar-refractivity contribution is 7.07. The lowest BCUT2D eigenvalue weighted by Crippen LogP contribution is -2.12. The number of rotatable bonds is 4. The topological polar surface area (TPSA) is 81.1 Å². The second kappa shape index (κ2) is 6.05. The van der Waals surface area contributed by atoms with Crippen LogP contribution in [0.4, 0.5) is 5.69 Å². The summed E-state index contributed by atoms with van der Waals surface area (Å²) in [6, 6.07) is 13.7. The zero-order valence-electron chi connectivity index (χ0n) is 12.2. The normalized spacial score (nSPS) is 10.5. The molecule has 0 unspecified atom stereocenters. The van der Waals surface area contributed by atoms with E-state index in [-0.39, 0.29) is 5.69 Å². The van der Waals surface area contributed by atoms with E-state index < -0.39 is 4.92 Å². The smallest absolute Gasteiger partial charge is 0.269 e. The molecule has 0 aliphatic heterocycles. The predicted octanol–water partition coefficient (Wildman–Crippen LogP) is 3.60. The lowest BCUT2D eigenvalue weighted by Gasteiger charge is -2.11. The van der Waals surface area contributed by atoms with Crippen molar-refractivity contribution in [3.8, 4) is 22.7 Å². The number of benzene rings is 2. The van der Waals surface area contributed by atoms with Crippen LogP contribution in [0.1, 0.15) is 0 Å². The van der Waals surface area contributed by atoms with E-state index in [9.17, 15) is 10.1 Å². The Morgan fingerprint density at radius 3 is 2.52 bits per heavy atom. The SMILES string of the molecule is COc1ccccc1-c1csc(=N)n1-c1ccc([N+](=O)[O-])cc1. The van der Waals surface area contributed by atoms with Gasteiger partial charge >= 0.3 is 0 Å². The summed E-state index contributed by atoms with van der Waals surface area (Å²) in [5.74, 6) is 0.709. The fraction of sp³-hybridized carbons (Fsp3) is 0.0625. The fourth-order valence-corrected chi connectivity index (χ4v) is 3.11. The Balaban J connectivity index is 2.16. The van der Waals surface area contributed by atoms with Crippen molar-refractivity contribution in [2.45, 2.75) is 0 Å². The first-order valence-electron chi connectivity index (χ1n) is 6.75. The Morgan fingerprint density at radius 1 is 1.17 bits per heavy atom. The molecule has 1 heterocycles. The van der Waals surface area contributed by atoms with Crippen LogP contribution in [0.25, 0.3) is 16.9 Å². The molecule has 3 aromatic rings. The molecule has 0 amide bonds. The molecule has 7 heteroatoms. The maximum atomic E-state index is 10.8. The molecule has 0 radical (unpaired) electrons. The Kier molecular flexibility index (Phi) is 3.94. The molecule has 3 rings (SSSR count). The van der Waals surface area contributed by atoms with Gasteiger partial charge in [0.05, 0.1) is 17.7 Å². The summed E-state index contributed by atoms with van der Waals surface area (Å²) in [5, 5.41) is 20.8. The van der Waals surface area contributed by atoms with Crippen LogP contribution >= 0.6 is 11.3 Å². The van der Waals surface area contributed by atoms with E-state index in [0.29, 0.717) is 16.2 Å². The van der Waals surface area contributed by atoms with E-state index in [1.165, 1.54) is 23.5 Å². The summed E-state index contributed by atoms with van der Waals surface area (Å²) >= 11 is 1.29. The van der Waals surface area contributed by atoms with Gasteiger partial charge in [0.1, 0.15) is 5.75 Å². The third-order valence-electron chi connectivity index (χ3n) is 3.43. The van der Waals surface area contributed by atoms with Crippen LogP contribution in [-0.4, -0.2) is 16.6 Å². The van der Waals surface area contributed by atoms with Gasteiger partial charge in [0, 0.05) is 28.8 Å². The molecule has 0 spiro atoms. The van der Waals surface area contributed by atoms with Crippen molar-refractivity contribution >= 4 is 17.0 Å². The van der Waals surface area contributed by atoms with Crippen molar-refractivity contribution in [1.29, 1.82) is 5.41 Å². The molecule has 1 N–H and O–H groups in total. The van der Waals surface area contributed by atoms with E-state index in [1.807, 2.05) is 29.6 Å². The number of nitrogens with zero attached hydrogens (tertiary/aromatic N) is 2. The first-order valence-corrected chi connectivity index (χ1v) is 7.63. The summed E-state index contributed by atoms with van der Waals surface area (Å²) < 4.78 is 7.13. The zero-order chi connectivity index (χ0) is 16.4. The largest absolute Gasteiger partial charge is 0.496 e. The molecule has 116 valence electrons. The number of non-ortho nitro benzene ring substituents is 1. The van der Waals surface area contributed by atoms with Crippen LogP contribution < -0.4 is 9.54 Å². The van der Waals surface area contributed by atoms with Crippen molar-refractivity contribution in [3.05, 3.63) is 68.8 Å². The third-order valence-corrected chi connectivity index (χ3v) is 4.17. The monoisotopic (exact) mass is 327 g/mol. The van der Waals surface area contributed by atoms with Crippen molar-refractivity contribution in [1.82, 2.24) is 4.57 Å². The number of methoxy groups -OCH3 is 1. The summed E-state index contributed by atoms with van der Waals surface area (Å²) in [6.07, 6.45) is 0. The molecule has 0 atom stereocenters. The molecule has 2 aromatic carbocycles. The molecule has 1 aromatic heterocycles. The minimum Gasteiger partial charge on any atom is -0.496 e. The fourth-order valence-electron chi connectivity index (χ4n) is 2.35. The summed E-state index contributed by atoms with van der Waals surface area (Å²) in [7, 11) is 1.60. The van der Waals surface area contributed by atoms with Crippen molar-refractivity contribution in [2.75, 3.05) is 7.11 Å². The number of nitrogens with one attached hydrogen (secondary N) is 1. The first kappa shape index (κ1) is 15.0. The van der Waals surface area contributed by atoms with Gasteiger partial charge in [-0.2, -0.15) is 0 Å². The number of nitro benzene ring substituents is 1. The Morgan fingerprint density at radius 2 is 1.87 bits per heavy atom. The minimum atomic E-state index is -0.440. The van der Waals surface area contributed by atoms with Crippen LogP contribution in [0.15, 0.2) is 53.9 Å². The quantitative estimate of drug-likeness (QED) is 0.587. The van der Waals surface area contributed by atoms with Gasteiger partial charge in [-0.25, -0.2) is 0 Å². The number of para-hydroxylation sites is 1. The summed E-state index contributed by atoms with van der Waals surface area (Å²) in [6.45, 7) is 0. The first-order chi connectivity index (χ1) is 11.1. The minimum absolute atomic E-state index is 0.0231. The molecule has 0 saturated heterocycles. The van der Waals surface area contributed by atoms with Crippen LogP contribution in [0, 0.1) is 15.5 Å². The Labute approximate surface area is 135 Å². The predicted molar refractivity (Wildman–Crippen MR) is 88.1 cm³/mol. The molecular formula is C16H13N3O3S. The second-order valence-corrected chi connectivity index (χ2v) is 5.59. The number of aromatic nitrogens is 1. The van der Waals surface area contributed by atoms with E-state index in [4.69, 9.17) is 10.1 Å². The van der Waals surface area contributed by atoms with Crippen LogP contribution in [0.5, 0.6) is 5.75 Å². The Bertz CT molecular complexity index is 913. The Hall–Kier alpha value is -2.93. The molecule has 0 bridgehead atoms. The number of ether oxygens (including phenoxy) is 1. The molecule has 0 saturated carbocycles. The molecule has 0 aliphatic rings. The summed E-state index contributed by atoms with van der Waals surface area (Å²) in [4.78, 5) is 10.7. The van der Waals surface area contributed by atoms with E-state index in [0.717, 1.165) is 11.3 Å². The molecule has 0 aliphatic carbocycles. The lowest BCUT2D eigenvalue weighted by molar-refractivity contribution is -0.384. The summed E-state index contributed by atoms with van der Waals surface area (Å²) in [5.41, 5.74) is 2.40. The van der Waals surface area contributed by atoms with Crippen LogP contribution in [0.3, 0.4) is 0 Å².